The fraction of sp³-hybridized carbons (Fsp3) is 0.231. The molecule has 5 heterocycles. The van der Waals surface area contributed by atoms with Gasteiger partial charge in [0.1, 0.15) is 17.5 Å². The van der Waals surface area contributed by atoms with Crippen molar-refractivity contribution in [3.8, 4) is 11.3 Å². The van der Waals surface area contributed by atoms with Crippen molar-refractivity contribution in [2.75, 3.05) is 20.2 Å². The van der Waals surface area contributed by atoms with E-state index >= 15 is 0 Å². The molecule has 3 aromatic heterocycles. The zero-order chi connectivity index (χ0) is 25.4. The second-order valence-corrected chi connectivity index (χ2v) is 8.60. The molecule has 184 valence electrons. The molecule has 2 aliphatic rings. The fourth-order valence-corrected chi connectivity index (χ4v) is 4.95. The Morgan fingerprint density at radius 1 is 1.31 bits per heavy atom. The molecule has 0 bridgehead atoms. The Balaban J connectivity index is 1.68. The van der Waals surface area contributed by atoms with Gasteiger partial charge in [0, 0.05) is 31.0 Å². The Hall–Kier alpha value is -4.60. The molecule has 0 aromatic carbocycles. The average molecular weight is 487 g/mol. The number of methoxy groups -OCH3 is 1. The first-order valence-corrected chi connectivity index (χ1v) is 11.4. The standard InChI is InChI=1S/C26H26N6O4/c1-4-19(8-9-23(27)35-3)26-16-30-14-18(21-7-5-6-10-28-21)13-22(30)25(34)32(26)12-11-31(26)24(33)20-15-36-29-17(20)2/h4-10,13-15H,1,11-12,16,27H2,2-3H3/b19-8+,23-9+. The molecular formula is C26H26N6O4. The number of hydrogen-bond acceptors (Lipinski definition) is 7. The van der Waals surface area contributed by atoms with Crippen molar-refractivity contribution in [1.29, 1.82) is 0 Å². The first-order chi connectivity index (χ1) is 17.4. The van der Waals surface area contributed by atoms with E-state index in [0.29, 0.717) is 35.6 Å². The first-order valence-electron chi connectivity index (χ1n) is 11.4. The third-order valence-electron chi connectivity index (χ3n) is 6.72. The number of carbonyl (C=O) groups excluding carboxylic acids is 2. The van der Waals surface area contributed by atoms with Crippen LogP contribution in [0.15, 0.2) is 83.7 Å². The van der Waals surface area contributed by atoms with Crippen LogP contribution in [0.2, 0.25) is 0 Å². The van der Waals surface area contributed by atoms with Crippen LogP contribution in [0.3, 0.4) is 0 Å². The van der Waals surface area contributed by atoms with Gasteiger partial charge in [-0.2, -0.15) is 0 Å². The summed E-state index contributed by atoms with van der Waals surface area (Å²) in [6.07, 6.45) is 9.89. The lowest BCUT2D eigenvalue weighted by Gasteiger charge is -2.47. The van der Waals surface area contributed by atoms with Crippen LogP contribution in [-0.4, -0.2) is 62.2 Å². The zero-order valence-corrected chi connectivity index (χ0v) is 20.0. The van der Waals surface area contributed by atoms with Crippen LogP contribution >= 0.6 is 0 Å². The van der Waals surface area contributed by atoms with Crippen LogP contribution in [0.4, 0.5) is 0 Å². The minimum atomic E-state index is -1.16. The summed E-state index contributed by atoms with van der Waals surface area (Å²) in [5, 5.41) is 3.87. The van der Waals surface area contributed by atoms with Gasteiger partial charge in [-0.3, -0.25) is 14.6 Å². The molecule has 3 aromatic rings. The summed E-state index contributed by atoms with van der Waals surface area (Å²) in [6.45, 7) is 6.65. The van der Waals surface area contributed by atoms with Gasteiger partial charge in [0.15, 0.2) is 11.5 Å². The van der Waals surface area contributed by atoms with Gasteiger partial charge in [0.25, 0.3) is 11.8 Å². The van der Waals surface area contributed by atoms with Crippen LogP contribution < -0.4 is 5.73 Å². The smallest absolute Gasteiger partial charge is 0.272 e. The number of allylic oxidation sites excluding steroid dienone is 2. The summed E-state index contributed by atoms with van der Waals surface area (Å²) in [5.74, 6) is -0.303. The Labute approximate surface area is 207 Å². The molecule has 1 fully saturated rings. The highest BCUT2D eigenvalue weighted by molar-refractivity contribution is 6.00. The first kappa shape index (κ1) is 23.2. The highest BCUT2D eigenvalue weighted by Gasteiger charge is 2.56. The zero-order valence-electron chi connectivity index (χ0n) is 20.0. The molecule has 2 amide bonds. The summed E-state index contributed by atoms with van der Waals surface area (Å²) in [4.78, 5) is 35.5. The lowest BCUT2D eigenvalue weighted by Crippen LogP contribution is -2.63. The van der Waals surface area contributed by atoms with Crippen molar-refractivity contribution in [2.24, 2.45) is 5.73 Å². The van der Waals surface area contributed by atoms with Gasteiger partial charge >= 0.3 is 0 Å². The molecule has 1 saturated heterocycles. The molecule has 0 radical (unpaired) electrons. The predicted molar refractivity (Wildman–Crippen MR) is 131 cm³/mol. The Morgan fingerprint density at radius 3 is 2.81 bits per heavy atom. The summed E-state index contributed by atoms with van der Waals surface area (Å²) in [7, 11) is 1.47. The summed E-state index contributed by atoms with van der Waals surface area (Å²) < 4.78 is 12.0. The van der Waals surface area contributed by atoms with E-state index < -0.39 is 5.66 Å². The molecule has 10 heteroatoms. The lowest BCUT2D eigenvalue weighted by atomic mass is 9.92. The third-order valence-corrected chi connectivity index (χ3v) is 6.72. The van der Waals surface area contributed by atoms with Crippen molar-refractivity contribution in [3.63, 3.8) is 0 Å². The molecule has 2 N–H and O–H groups in total. The predicted octanol–water partition coefficient (Wildman–Crippen LogP) is 2.71. The summed E-state index contributed by atoms with van der Waals surface area (Å²) in [5.41, 5.74) is 8.24. The van der Waals surface area contributed by atoms with Crippen LogP contribution in [-0.2, 0) is 11.3 Å². The maximum Gasteiger partial charge on any atom is 0.272 e. The number of nitrogens with zero attached hydrogens (tertiary/aromatic N) is 5. The quantitative estimate of drug-likeness (QED) is 0.420. The highest BCUT2D eigenvalue weighted by Crippen LogP contribution is 2.42. The average Bonchev–Trinajstić information content (AvgIpc) is 3.62. The van der Waals surface area contributed by atoms with Gasteiger partial charge in [-0.15, -0.1) is 0 Å². The maximum absolute atomic E-state index is 13.9. The van der Waals surface area contributed by atoms with E-state index in [0.717, 1.165) is 11.3 Å². The molecule has 10 nitrogen and oxygen atoms in total. The number of hydrogen-bond donors (Lipinski definition) is 1. The highest BCUT2D eigenvalue weighted by atomic mass is 16.5. The second kappa shape index (κ2) is 8.88. The monoisotopic (exact) mass is 486 g/mol. The molecule has 0 saturated carbocycles. The minimum Gasteiger partial charge on any atom is -0.483 e. The number of pyridine rings is 1. The van der Waals surface area contributed by atoms with E-state index in [1.807, 2.05) is 35.0 Å². The van der Waals surface area contributed by atoms with Crippen molar-refractivity contribution in [3.05, 3.63) is 96.1 Å². The normalized spacial score (nSPS) is 19.8. The number of fused-ring (bicyclic) bond motifs is 2. The van der Waals surface area contributed by atoms with E-state index in [1.54, 1.807) is 41.1 Å². The van der Waals surface area contributed by atoms with Crippen molar-refractivity contribution >= 4 is 11.8 Å². The van der Waals surface area contributed by atoms with E-state index in [9.17, 15) is 9.59 Å². The van der Waals surface area contributed by atoms with E-state index in [4.69, 9.17) is 15.0 Å². The Kier molecular flexibility index (Phi) is 5.71. The van der Waals surface area contributed by atoms with Gasteiger partial charge in [-0.05, 0) is 42.8 Å². The minimum absolute atomic E-state index is 0.185. The topological polar surface area (TPSA) is 120 Å². The number of amides is 2. The van der Waals surface area contributed by atoms with Crippen molar-refractivity contribution in [2.45, 2.75) is 19.1 Å². The molecule has 1 atom stereocenters. The molecule has 0 spiro atoms. The van der Waals surface area contributed by atoms with Crippen LogP contribution in [0.5, 0.6) is 0 Å². The Morgan fingerprint density at radius 2 is 2.14 bits per heavy atom. The van der Waals surface area contributed by atoms with E-state index in [-0.39, 0.29) is 24.2 Å². The van der Waals surface area contributed by atoms with Crippen LogP contribution in [0.25, 0.3) is 11.3 Å². The van der Waals surface area contributed by atoms with Gasteiger partial charge in [0.2, 0.25) is 0 Å². The third kappa shape index (κ3) is 3.49. The number of carbonyl (C=O) groups is 2. The molecule has 1 unspecified atom stereocenters. The molecule has 2 aliphatic heterocycles. The maximum atomic E-state index is 13.9. The second-order valence-electron chi connectivity index (χ2n) is 8.60. The number of rotatable bonds is 6. The van der Waals surface area contributed by atoms with Crippen LogP contribution in [0.1, 0.15) is 26.5 Å². The van der Waals surface area contributed by atoms with Gasteiger partial charge < -0.3 is 29.4 Å². The fourth-order valence-electron chi connectivity index (χ4n) is 4.95. The van der Waals surface area contributed by atoms with Crippen molar-refractivity contribution in [1.82, 2.24) is 24.5 Å². The number of nitrogens with two attached hydrogens (primary N) is 1. The molecular weight excluding hydrogens is 460 g/mol. The van der Waals surface area contributed by atoms with Crippen molar-refractivity contribution < 1.29 is 18.8 Å². The largest absolute Gasteiger partial charge is 0.483 e. The Bertz CT molecular complexity index is 1400. The number of aromatic nitrogens is 3. The van der Waals surface area contributed by atoms with Gasteiger partial charge in [-0.25, -0.2) is 0 Å². The number of aryl methyl sites for hydroxylation is 1. The molecule has 0 aliphatic carbocycles. The lowest BCUT2D eigenvalue weighted by molar-refractivity contribution is 0.0163. The van der Waals surface area contributed by atoms with Gasteiger partial charge in [0.05, 0.1) is 25.0 Å². The SMILES string of the molecule is C=C/C(=C\C=C(/N)OC)C12Cn3cc(-c4ccccn4)cc3C(=O)N1CCN2C(=O)c1conc1C. The molecule has 5 rings (SSSR count). The van der Waals surface area contributed by atoms with Crippen LogP contribution in [0, 0.1) is 6.92 Å². The van der Waals surface area contributed by atoms with Gasteiger partial charge in [-0.1, -0.05) is 23.9 Å². The number of ether oxygens (including phenoxy) is 1. The summed E-state index contributed by atoms with van der Waals surface area (Å²) in [6, 6.07) is 7.46. The van der Waals surface area contributed by atoms with E-state index in [1.165, 1.54) is 13.4 Å². The van der Waals surface area contributed by atoms with E-state index in [2.05, 4.69) is 16.7 Å². The summed E-state index contributed by atoms with van der Waals surface area (Å²) >= 11 is 0. The molecule has 36 heavy (non-hydrogen) atoms.